The van der Waals surface area contributed by atoms with E-state index in [2.05, 4.69) is 30.9 Å². The molecule has 0 spiro atoms. The molecule has 1 aliphatic carbocycles. The summed E-state index contributed by atoms with van der Waals surface area (Å²) in [6.07, 6.45) is 7.50. The zero-order valence-electron chi connectivity index (χ0n) is 20.2. The molecule has 186 valence electrons. The maximum atomic E-state index is 12.0. The Labute approximate surface area is 204 Å². The van der Waals surface area contributed by atoms with Crippen LogP contribution in [0.2, 0.25) is 0 Å². The Morgan fingerprint density at radius 3 is 3.14 bits per heavy atom. The molecular formula is C23H32BN7O4. The molecule has 2 fully saturated rings. The third kappa shape index (κ3) is 5.75. The summed E-state index contributed by atoms with van der Waals surface area (Å²) in [6.45, 7) is 8.00. The van der Waals surface area contributed by atoms with Gasteiger partial charge in [0, 0.05) is 6.04 Å². The molecule has 0 radical (unpaired) electrons. The quantitative estimate of drug-likeness (QED) is 0.426. The summed E-state index contributed by atoms with van der Waals surface area (Å²) in [4.78, 5) is 16.5. The van der Waals surface area contributed by atoms with E-state index in [1.807, 2.05) is 26.8 Å². The van der Waals surface area contributed by atoms with E-state index in [0.717, 1.165) is 56.4 Å². The molecule has 3 aromatic heterocycles. The first kappa shape index (κ1) is 23.6. The number of aromatic nitrogens is 5. The van der Waals surface area contributed by atoms with Crippen LogP contribution in [0.5, 0.6) is 5.78 Å². The van der Waals surface area contributed by atoms with Crippen molar-refractivity contribution in [3.8, 4) is 5.78 Å². The van der Waals surface area contributed by atoms with Gasteiger partial charge in [0.2, 0.25) is 0 Å². The first-order valence-electron chi connectivity index (χ1n) is 12.4. The Kier molecular flexibility index (Phi) is 7.17. The zero-order valence-corrected chi connectivity index (χ0v) is 20.2. The normalized spacial score (nSPS) is 22.7. The molecule has 2 unspecified atom stereocenters. The standard InChI is InChI=1S/C23H32BN7O4/c1-3-14(2)26-23(32)35-17-5-4-16(10-17)18-11-19(29-28-18)27-21-20-24-22(30-31(20)8-7-25-21)34-13-15-6-9-33-12-15/h7-8,11,14-17H,3-6,9-10,12-13H2,1-2H3,(H,26,32)(H2,25,27,28,29)/t14?,15?,16-,17+/m0/s1. The van der Waals surface area contributed by atoms with Gasteiger partial charge in [-0.2, -0.15) is 0 Å². The van der Waals surface area contributed by atoms with Gasteiger partial charge in [-0.25, -0.2) is 0 Å². The molecule has 4 atom stereocenters. The minimum atomic E-state index is -0.336. The van der Waals surface area contributed by atoms with E-state index in [1.54, 1.807) is 16.9 Å². The number of carbonyl (C=O) groups is 1. The SMILES string of the molecule is CCC(C)NC(=O)O[C@@H]1CC[C@H](c2cc(Nc3nccn4nc(OCC5CCOC5)bc34)n[nH]2)C1. The fourth-order valence-electron chi connectivity index (χ4n) is 4.53. The van der Waals surface area contributed by atoms with Crippen molar-refractivity contribution in [2.24, 2.45) is 5.92 Å². The third-order valence-corrected chi connectivity index (χ3v) is 6.78. The molecule has 1 saturated heterocycles. The molecule has 12 heteroatoms. The van der Waals surface area contributed by atoms with Gasteiger partial charge in [0.05, 0.1) is 0 Å². The van der Waals surface area contributed by atoms with Gasteiger partial charge < -0.3 is 0 Å². The maximum absolute atomic E-state index is 12.0. The van der Waals surface area contributed by atoms with E-state index in [-0.39, 0.29) is 24.2 Å². The number of anilines is 2. The average Bonchev–Trinajstić information content (AvgIpc) is 3.64. The molecule has 3 N–H and O–H groups in total. The molecule has 3 aromatic rings. The van der Waals surface area contributed by atoms with Crippen LogP contribution in [0.3, 0.4) is 0 Å². The number of aromatic amines is 1. The second-order valence-electron chi connectivity index (χ2n) is 9.45. The number of hydrogen-bond donors (Lipinski definition) is 3. The Hall–Kier alpha value is -3.15. The number of carbonyl (C=O) groups excluding carboxylic acids is 1. The van der Waals surface area contributed by atoms with Gasteiger partial charge >= 0.3 is 178 Å². The second kappa shape index (κ2) is 10.6. The summed E-state index contributed by atoms with van der Waals surface area (Å²) in [5.41, 5.74) is 1.82. The Balaban J connectivity index is 1.19. The number of hydrogen-bond acceptors (Lipinski definition) is 8. The number of alkyl carbamates (subject to hydrolysis) is 1. The molecule has 1 amide bonds. The van der Waals surface area contributed by atoms with Crippen LogP contribution in [0, 0.1) is 5.92 Å². The zero-order chi connectivity index (χ0) is 24.2. The van der Waals surface area contributed by atoms with E-state index in [4.69, 9.17) is 14.2 Å². The number of fused-ring (bicyclic) bond motifs is 1. The Morgan fingerprint density at radius 2 is 2.31 bits per heavy atom. The van der Waals surface area contributed by atoms with Crippen LogP contribution in [0.25, 0.3) is 5.41 Å². The van der Waals surface area contributed by atoms with E-state index in [9.17, 15) is 4.79 Å². The second-order valence-corrected chi connectivity index (χ2v) is 9.45. The van der Waals surface area contributed by atoms with Gasteiger partial charge in [-0.1, -0.05) is 6.92 Å². The number of nitrogens with zero attached hydrogens (tertiary/aromatic N) is 4. The van der Waals surface area contributed by atoms with Crippen LogP contribution >= 0.6 is 0 Å². The fraction of sp³-hybridized carbons (Fsp3) is 0.609. The monoisotopic (exact) mass is 481 g/mol. The summed E-state index contributed by atoms with van der Waals surface area (Å²) < 4.78 is 18.6. The van der Waals surface area contributed by atoms with Crippen molar-refractivity contribution in [2.75, 3.05) is 25.1 Å². The van der Waals surface area contributed by atoms with Gasteiger partial charge in [0.25, 0.3) is 0 Å². The molecular weight excluding hydrogens is 449 g/mol. The number of ether oxygens (including phenoxy) is 3. The number of rotatable bonds is 9. The molecule has 0 bridgehead atoms. The van der Waals surface area contributed by atoms with Crippen molar-refractivity contribution >= 4 is 30.1 Å². The predicted molar refractivity (Wildman–Crippen MR) is 130 cm³/mol. The molecule has 0 aromatic carbocycles. The minimum absolute atomic E-state index is 0.0832. The van der Waals surface area contributed by atoms with E-state index in [0.29, 0.717) is 29.9 Å². The van der Waals surface area contributed by atoms with Gasteiger partial charge in [-0.05, 0) is 13.3 Å². The van der Waals surface area contributed by atoms with Crippen LogP contribution < -0.4 is 15.4 Å². The summed E-state index contributed by atoms with van der Waals surface area (Å²) in [6, 6.07) is 2.10. The predicted octanol–water partition coefficient (Wildman–Crippen LogP) is 3.11. The van der Waals surface area contributed by atoms with Crippen molar-refractivity contribution in [2.45, 2.75) is 64.0 Å². The summed E-state index contributed by atoms with van der Waals surface area (Å²) in [7, 11) is 0. The summed E-state index contributed by atoms with van der Waals surface area (Å²) in [5, 5.41) is 18.2. The molecule has 5 rings (SSSR count). The van der Waals surface area contributed by atoms with Crippen LogP contribution in [0.1, 0.15) is 57.6 Å². The number of H-pyrrole nitrogens is 1. The van der Waals surface area contributed by atoms with E-state index >= 15 is 0 Å². The van der Waals surface area contributed by atoms with Gasteiger partial charge in [0.15, 0.2) is 0 Å². The van der Waals surface area contributed by atoms with Gasteiger partial charge in [-0.3, -0.25) is 0 Å². The van der Waals surface area contributed by atoms with Crippen LogP contribution in [-0.2, 0) is 9.47 Å². The Morgan fingerprint density at radius 1 is 1.40 bits per heavy atom. The molecule has 35 heavy (non-hydrogen) atoms. The van der Waals surface area contributed by atoms with Crippen molar-refractivity contribution in [3.05, 3.63) is 24.2 Å². The first-order valence-corrected chi connectivity index (χ1v) is 12.4. The van der Waals surface area contributed by atoms with Gasteiger partial charge in [0.1, 0.15) is 0 Å². The number of nitrogens with one attached hydrogen (secondary N) is 3. The van der Waals surface area contributed by atoms with Crippen molar-refractivity contribution in [1.82, 2.24) is 30.1 Å². The van der Waals surface area contributed by atoms with E-state index < -0.39 is 0 Å². The summed E-state index contributed by atoms with van der Waals surface area (Å²) >= 11 is 0. The molecule has 1 saturated carbocycles. The van der Waals surface area contributed by atoms with Crippen LogP contribution in [0.4, 0.5) is 16.4 Å². The topological polar surface area (TPSA) is 128 Å². The van der Waals surface area contributed by atoms with Crippen molar-refractivity contribution in [1.29, 1.82) is 0 Å². The third-order valence-electron chi connectivity index (χ3n) is 6.78. The average molecular weight is 481 g/mol. The number of amides is 1. The summed E-state index contributed by atoms with van der Waals surface area (Å²) in [5.74, 6) is 2.55. The van der Waals surface area contributed by atoms with Crippen molar-refractivity contribution in [3.63, 3.8) is 0 Å². The molecule has 4 heterocycles. The Bertz CT molecular complexity index is 1150. The van der Waals surface area contributed by atoms with Gasteiger partial charge in [-0.15, -0.1) is 0 Å². The van der Waals surface area contributed by atoms with E-state index in [1.165, 1.54) is 0 Å². The van der Waals surface area contributed by atoms with Crippen LogP contribution in [-0.4, -0.2) is 69.8 Å². The van der Waals surface area contributed by atoms with Crippen molar-refractivity contribution < 1.29 is 19.0 Å². The molecule has 11 nitrogen and oxygen atoms in total. The molecule has 1 aliphatic heterocycles. The first-order chi connectivity index (χ1) is 17.1. The fourth-order valence-corrected chi connectivity index (χ4v) is 4.53. The molecule has 2 aliphatic rings. The van der Waals surface area contributed by atoms with Crippen LogP contribution in [0.15, 0.2) is 18.5 Å².